The van der Waals surface area contributed by atoms with Crippen LogP contribution in [-0.2, 0) is 13.0 Å². The van der Waals surface area contributed by atoms with Gasteiger partial charge in [-0.2, -0.15) is 0 Å². The number of aromatic nitrogens is 1. The van der Waals surface area contributed by atoms with Crippen molar-refractivity contribution in [2.45, 2.75) is 32.5 Å². The Balaban J connectivity index is 1.33. The second-order valence-corrected chi connectivity index (χ2v) is 8.76. The lowest BCUT2D eigenvalue weighted by Crippen LogP contribution is -2.48. The van der Waals surface area contributed by atoms with Crippen LogP contribution in [0.1, 0.15) is 29.4 Å². The average molecular weight is 457 g/mol. The SMILES string of the molecule is CCc1cccc(N2CCN(C[C@@H](F)CCn3c(C(N)=O)cc4ccccc43)CC2)c1Cl. The molecule has 2 N–H and O–H groups in total. The minimum absolute atomic E-state index is 0.337. The number of nitrogens with zero attached hydrogens (tertiary/aromatic N) is 3. The predicted octanol–water partition coefficient (Wildman–Crippen LogP) is 4.51. The molecule has 32 heavy (non-hydrogen) atoms. The van der Waals surface area contributed by atoms with E-state index in [0.29, 0.717) is 25.2 Å². The molecule has 1 aliphatic heterocycles. The summed E-state index contributed by atoms with van der Waals surface area (Å²) in [5.41, 5.74) is 9.11. The summed E-state index contributed by atoms with van der Waals surface area (Å²) in [6.07, 6.45) is 0.267. The molecule has 2 aromatic carbocycles. The maximum Gasteiger partial charge on any atom is 0.265 e. The molecule has 1 aromatic heterocycles. The summed E-state index contributed by atoms with van der Waals surface area (Å²) in [4.78, 5) is 16.3. The van der Waals surface area contributed by atoms with Gasteiger partial charge in [0, 0.05) is 50.2 Å². The number of para-hydroxylation sites is 1. The molecule has 1 fully saturated rings. The van der Waals surface area contributed by atoms with Crippen molar-refractivity contribution in [1.82, 2.24) is 9.47 Å². The molecule has 0 spiro atoms. The number of primary amides is 1. The molecule has 2 heterocycles. The van der Waals surface area contributed by atoms with Gasteiger partial charge in [0.25, 0.3) is 5.91 Å². The highest BCUT2D eigenvalue weighted by molar-refractivity contribution is 6.34. The van der Waals surface area contributed by atoms with Gasteiger partial charge in [-0.1, -0.05) is 48.9 Å². The van der Waals surface area contributed by atoms with Crippen LogP contribution in [0.5, 0.6) is 0 Å². The number of fused-ring (bicyclic) bond motifs is 1. The molecule has 1 saturated heterocycles. The number of nitrogens with two attached hydrogens (primary N) is 1. The first-order valence-corrected chi connectivity index (χ1v) is 11.6. The van der Waals surface area contributed by atoms with Crippen LogP contribution in [0.15, 0.2) is 48.5 Å². The largest absolute Gasteiger partial charge is 0.368 e. The molecule has 4 rings (SSSR count). The van der Waals surface area contributed by atoms with Gasteiger partial charge in [-0.15, -0.1) is 0 Å². The first kappa shape index (κ1) is 22.6. The molecule has 1 aliphatic rings. The normalized spacial score (nSPS) is 15.9. The zero-order valence-corrected chi connectivity index (χ0v) is 19.2. The van der Waals surface area contributed by atoms with E-state index in [1.54, 1.807) is 6.07 Å². The summed E-state index contributed by atoms with van der Waals surface area (Å²) in [7, 11) is 0. The van der Waals surface area contributed by atoms with Gasteiger partial charge in [-0.3, -0.25) is 9.69 Å². The standard InChI is InChI=1S/C25H30ClFN4O/c1-2-18-7-5-9-22(24(18)26)30-14-12-29(13-15-30)17-20(27)10-11-31-21-8-4-3-6-19(21)16-23(31)25(28)32/h3-9,16,20H,2,10-15,17H2,1H3,(H2,28,32)/t20-/m0/s1. The molecule has 0 radical (unpaired) electrons. The van der Waals surface area contributed by atoms with E-state index in [1.165, 1.54) is 0 Å². The number of amides is 1. The zero-order chi connectivity index (χ0) is 22.7. The fraction of sp³-hybridized carbons (Fsp3) is 0.400. The molecule has 7 heteroatoms. The van der Waals surface area contributed by atoms with E-state index in [2.05, 4.69) is 34.9 Å². The predicted molar refractivity (Wildman–Crippen MR) is 129 cm³/mol. The monoisotopic (exact) mass is 456 g/mol. The van der Waals surface area contributed by atoms with Crippen LogP contribution < -0.4 is 10.6 Å². The van der Waals surface area contributed by atoms with Crippen LogP contribution in [-0.4, -0.2) is 54.3 Å². The van der Waals surface area contributed by atoms with Gasteiger partial charge in [0.15, 0.2) is 0 Å². The van der Waals surface area contributed by atoms with E-state index in [0.717, 1.165) is 59.8 Å². The highest BCUT2D eigenvalue weighted by atomic mass is 35.5. The third kappa shape index (κ3) is 4.76. The topological polar surface area (TPSA) is 54.5 Å². The summed E-state index contributed by atoms with van der Waals surface area (Å²) in [5.74, 6) is -0.487. The number of benzene rings is 2. The number of halogens is 2. The van der Waals surface area contributed by atoms with Crippen LogP contribution in [0.25, 0.3) is 10.9 Å². The number of hydrogen-bond acceptors (Lipinski definition) is 3. The summed E-state index contributed by atoms with van der Waals surface area (Å²) in [6, 6.07) is 15.7. The highest BCUT2D eigenvalue weighted by Crippen LogP contribution is 2.30. The zero-order valence-electron chi connectivity index (χ0n) is 18.4. The molecular weight excluding hydrogens is 427 g/mol. The Morgan fingerprint density at radius 1 is 1.12 bits per heavy atom. The maximum absolute atomic E-state index is 14.9. The molecule has 3 aromatic rings. The van der Waals surface area contributed by atoms with E-state index in [9.17, 15) is 9.18 Å². The summed E-state index contributed by atoms with van der Waals surface area (Å²) in [6.45, 7) is 6.17. The van der Waals surface area contributed by atoms with Gasteiger partial charge in [-0.05, 0) is 36.6 Å². The van der Waals surface area contributed by atoms with Crippen molar-refractivity contribution in [2.24, 2.45) is 5.73 Å². The van der Waals surface area contributed by atoms with Gasteiger partial charge in [0.1, 0.15) is 11.9 Å². The minimum atomic E-state index is -0.976. The van der Waals surface area contributed by atoms with Crippen molar-refractivity contribution >= 4 is 34.1 Å². The molecule has 170 valence electrons. The van der Waals surface area contributed by atoms with Crippen LogP contribution in [0.3, 0.4) is 0 Å². The average Bonchev–Trinajstić information content (AvgIpc) is 3.17. The summed E-state index contributed by atoms with van der Waals surface area (Å²) >= 11 is 6.58. The number of carbonyl (C=O) groups is 1. The summed E-state index contributed by atoms with van der Waals surface area (Å²) in [5, 5.41) is 1.77. The lowest BCUT2D eigenvalue weighted by atomic mass is 10.1. The number of rotatable bonds is 8. The molecule has 1 amide bonds. The van der Waals surface area contributed by atoms with Crippen molar-refractivity contribution in [3.05, 3.63) is 64.8 Å². The van der Waals surface area contributed by atoms with E-state index in [-0.39, 0.29) is 0 Å². The number of alkyl halides is 1. The molecule has 0 unspecified atom stereocenters. The highest BCUT2D eigenvalue weighted by Gasteiger charge is 2.22. The Labute approximate surface area is 193 Å². The fourth-order valence-electron chi connectivity index (χ4n) is 4.55. The van der Waals surface area contributed by atoms with E-state index in [1.807, 2.05) is 28.8 Å². The Kier molecular flexibility index (Phi) is 7.01. The molecule has 0 saturated carbocycles. The second kappa shape index (κ2) is 9.92. The third-order valence-electron chi connectivity index (χ3n) is 6.34. The Hall–Kier alpha value is -2.57. The van der Waals surface area contributed by atoms with Crippen LogP contribution in [0.2, 0.25) is 5.02 Å². The van der Waals surface area contributed by atoms with Gasteiger partial charge in [0.2, 0.25) is 0 Å². The first-order chi connectivity index (χ1) is 15.5. The van der Waals surface area contributed by atoms with Crippen molar-refractivity contribution in [3.8, 4) is 0 Å². The van der Waals surface area contributed by atoms with Crippen molar-refractivity contribution in [3.63, 3.8) is 0 Å². The third-order valence-corrected chi connectivity index (χ3v) is 6.77. The first-order valence-electron chi connectivity index (χ1n) is 11.2. The van der Waals surface area contributed by atoms with E-state index < -0.39 is 12.1 Å². The Morgan fingerprint density at radius 3 is 2.59 bits per heavy atom. The number of piperazine rings is 1. The number of carbonyl (C=O) groups excluding carboxylic acids is 1. The Morgan fingerprint density at radius 2 is 1.88 bits per heavy atom. The van der Waals surface area contributed by atoms with Crippen LogP contribution in [0.4, 0.5) is 10.1 Å². The molecule has 0 bridgehead atoms. The summed E-state index contributed by atoms with van der Waals surface area (Å²) < 4.78 is 16.7. The smallest absolute Gasteiger partial charge is 0.265 e. The lowest BCUT2D eigenvalue weighted by molar-refractivity contribution is 0.0990. The Bertz CT molecular complexity index is 1090. The van der Waals surface area contributed by atoms with Crippen molar-refractivity contribution < 1.29 is 9.18 Å². The van der Waals surface area contributed by atoms with Gasteiger partial charge in [0.05, 0.1) is 10.7 Å². The molecule has 0 aliphatic carbocycles. The van der Waals surface area contributed by atoms with E-state index >= 15 is 0 Å². The van der Waals surface area contributed by atoms with Crippen molar-refractivity contribution in [2.75, 3.05) is 37.6 Å². The van der Waals surface area contributed by atoms with Gasteiger partial charge < -0.3 is 15.2 Å². The maximum atomic E-state index is 14.9. The number of hydrogen-bond donors (Lipinski definition) is 1. The lowest BCUT2D eigenvalue weighted by Gasteiger charge is -2.37. The van der Waals surface area contributed by atoms with Gasteiger partial charge in [-0.25, -0.2) is 4.39 Å². The second-order valence-electron chi connectivity index (χ2n) is 8.38. The minimum Gasteiger partial charge on any atom is -0.368 e. The molecule has 1 atom stereocenters. The van der Waals surface area contributed by atoms with Gasteiger partial charge >= 0.3 is 0 Å². The number of anilines is 1. The van der Waals surface area contributed by atoms with Crippen LogP contribution >= 0.6 is 11.6 Å². The molecular formula is C25H30ClFN4O. The fourth-order valence-corrected chi connectivity index (χ4v) is 4.93. The number of aryl methyl sites for hydroxylation is 2. The van der Waals surface area contributed by atoms with Crippen LogP contribution in [0, 0.1) is 0 Å². The van der Waals surface area contributed by atoms with E-state index in [4.69, 9.17) is 17.3 Å². The molecule has 5 nitrogen and oxygen atoms in total. The quantitative estimate of drug-likeness (QED) is 0.542. The van der Waals surface area contributed by atoms with Crippen molar-refractivity contribution in [1.29, 1.82) is 0 Å².